The van der Waals surface area contributed by atoms with E-state index in [1.165, 1.54) is 17.7 Å². The summed E-state index contributed by atoms with van der Waals surface area (Å²) in [5.74, 6) is -0.234. The lowest BCUT2D eigenvalue weighted by Crippen LogP contribution is -2.09. The van der Waals surface area contributed by atoms with E-state index < -0.39 is 0 Å². The van der Waals surface area contributed by atoms with E-state index in [1.807, 2.05) is 4.68 Å². The fourth-order valence-corrected chi connectivity index (χ4v) is 2.46. The van der Waals surface area contributed by atoms with Crippen LogP contribution in [0.5, 0.6) is 0 Å². The van der Waals surface area contributed by atoms with Gasteiger partial charge in [-0.15, -0.1) is 0 Å². The molecule has 2 aromatic rings. The molecule has 1 heterocycles. The Labute approximate surface area is 99.1 Å². The molecular formula is C13H14FN3. The second-order valence-electron chi connectivity index (χ2n) is 4.32. The average molecular weight is 231 g/mol. The molecule has 0 fully saturated rings. The van der Waals surface area contributed by atoms with Crippen LogP contribution >= 0.6 is 0 Å². The van der Waals surface area contributed by atoms with Gasteiger partial charge in [0, 0.05) is 6.54 Å². The number of hydrogen-bond acceptors (Lipinski definition) is 2. The van der Waals surface area contributed by atoms with Crippen LogP contribution in [-0.4, -0.2) is 9.78 Å². The molecule has 88 valence electrons. The van der Waals surface area contributed by atoms with Crippen LogP contribution < -0.4 is 5.73 Å². The van der Waals surface area contributed by atoms with Crippen molar-refractivity contribution < 1.29 is 4.39 Å². The monoisotopic (exact) mass is 231 g/mol. The minimum absolute atomic E-state index is 0.234. The summed E-state index contributed by atoms with van der Waals surface area (Å²) in [5, 5.41) is 4.58. The van der Waals surface area contributed by atoms with E-state index in [1.54, 1.807) is 12.1 Å². The number of rotatable bonds is 2. The number of nitrogens with zero attached hydrogens (tertiary/aromatic N) is 2. The third-order valence-corrected chi connectivity index (χ3v) is 3.28. The molecule has 3 rings (SSSR count). The highest BCUT2D eigenvalue weighted by Gasteiger charge is 2.21. The van der Waals surface area contributed by atoms with Crippen molar-refractivity contribution in [3.63, 3.8) is 0 Å². The number of benzene rings is 1. The first-order chi connectivity index (χ1) is 8.29. The maximum atomic E-state index is 12.9. The Hall–Kier alpha value is -1.68. The number of aryl methyl sites for hydroxylation is 1. The van der Waals surface area contributed by atoms with Crippen molar-refractivity contribution in [2.75, 3.05) is 0 Å². The van der Waals surface area contributed by atoms with Crippen molar-refractivity contribution in [1.82, 2.24) is 9.78 Å². The highest BCUT2D eigenvalue weighted by atomic mass is 19.1. The van der Waals surface area contributed by atoms with Crippen LogP contribution in [0.4, 0.5) is 4.39 Å². The van der Waals surface area contributed by atoms with E-state index in [0.717, 1.165) is 36.3 Å². The van der Waals surface area contributed by atoms with E-state index >= 15 is 0 Å². The summed E-state index contributed by atoms with van der Waals surface area (Å²) in [6.07, 6.45) is 3.24. The number of nitrogens with two attached hydrogens (primary N) is 1. The summed E-state index contributed by atoms with van der Waals surface area (Å²) in [4.78, 5) is 0. The maximum absolute atomic E-state index is 12.9. The minimum atomic E-state index is -0.234. The molecule has 0 spiro atoms. The molecule has 1 aliphatic carbocycles. The van der Waals surface area contributed by atoms with E-state index in [0.29, 0.717) is 6.54 Å². The quantitative estimate of drug-likeness (QED) is 0.858. The summed E-state index contributed by atoms with van der Waals surface area (Å²) >= 11 is 0. The summed E-state index contributed by atoms with van der Waals surface area (Å²) in [6, 6.07) is 6.36. The van der Waals surface area contributed by atoms with Crippen molar-refractivity contribution in [3.8, 4) is 5.69 Å². The van der Waals surface area contributed by atoms with Crippen molar-refractivity contribution in [2.45, 2.75) is 25.8 Å². The van der Waals surface area contributed by atoms with E-state index in [4.69, 9.17) is 5.73 Å². The lowest BCUT2D eigenvalue weighted by atomic mass is 10.2. The van der Waals surface area contributed by atoms with Gasteiger partial charge in [-0.05, 0) is 49.1 Å². The van der Waals surface area contributed by atoms with Crippen LogP contribution in [0.15, 0.2) is 24.3 Å². The first-order valence-electron chi connectivity index (χ1n) is 5.85. The lowest BCUT2D eigenvalue weighted by molar-refractivity contribution is 0.626. The van der Waals surface area contributed by atoms with Crippen molar-refractivity contribution in [1.29, 1.82) is 0 Å². The number of hydrogen-bond donors (Lipinski definition) is 1. The first kappa shape index (κ1) is 10.5. The normalized spacial score (nSPS) is 14.0. The average Bonchev–Trinajstić information content (AvgIpc) is 2.89. The van der Waals surface area contributed by atoms with Crippen LogP contribution in [0.2, 0.25) is 0 Å². The summed E-state index contributed by atoms with van der Waals surface area (Å²) in [6.45, 7) is 0.472. The SMILES string of the molecule is NCc1c2c(nn1-c1ccc(F)cc1)CCC2. The number of halogens is 1. The molecule has 1 aromatic carbocycles. The fraction of sp³-hybridized carbons (Fsp3) is 0.308. The molecule has 0 atom stereocenters. The van der Waals surface area contributed by atoms with Gasteiger partial charge in [-0.1, -0.05) is 0 Å². The highest BCUT2D eigenvalue weighted by molar-refractivity contribution is 5.39. The van der Waals surface area contributed by atoms with Crippen LogP contribution in [0.1, 0.15) is 23.4 Å². The highest BCUT2D eigenvalue weighted by Crippen LogP contribution is 2.26. The number of fused-ring (bicyclic) bond motifs is 1. The standard InChI is InChI=1S/C13H14FN3/c14-9-4-6-10(7-5-9)17-13(8-15)11-2-1-3-12(11)16-17/h4-7H,1-3,8,15H2. The third-order valence-electron chi connectivity index (χ3n) is 3.28. The van der Waals surface area contributed by atoms with Gasteiger partial charge in [-0.2, -0.15) is 5.10 Å². The van der Waals surface area contributed by atoms with Gasteiger partial charge in [0.15, 0.2) is 0 Å². The van der Waals surface area contributed by atoms with Crippen molar-refractivity contribution in [2.24, 2.45) is 5.73 Å². The zero-order valence-electron chi connectivity index (χ0n) is 9.49. The summed E-state index contributed by atoms with van der Waals surface area (Å²) in [5.41, 5.74) is 10.2. The smallest absolute Gasteiger partial charge is 0.123 e. The summed E-state index contributed by atoms with van der Waals surface area (Å²) < 4.78 is 14.7. The topological polar surface area (TPSA) is 43.8 Å². The first-order valence-corrected chi connectivity index (χ1v) is 5.85. The van der Waals surface area contributed by atoms with Gasteiger partial charge in [0.25, 0.3) is 0 Å². The van der Waals surface area contributed by atoms with Crippen LogP contribution in [0.25, 0.3) is 5.69 Å². The van der Waals surface area contributed by atoms with Crippen LogP contribution in [0, 0.1) is 5.82 Å². The Morgan fingerprint density at radius 2 is 2.00 bits per heavy atom. The zero-order valence-corrected chi connectivity index (χ0v) is 9.49. The van der Waals surface area contributed by atoms with Crippen molar-refractivity contribution >= 4 is 0 Å². The Morgan fingerprint density at radius 1 is 1.24 bits per heavy atom. The summed E-state index contributed by atoms with van der Waals surface area (Å²) in [7, 11) is 0. The van der Waals surface area contributed by atoms with Crippen molar-refractivity contribution in [3.05, 3.63) is 47.0 Å². The Morgan fingerprint density at radius 3 is 2.71 bits per heavy atom. The molecule has 1 aromatic heterocycles. The predicted molar refractivity (Wildman–Crippen MR) is 63.4 cm³/mol. The lowest BCUT2D eigenvalue weighted by Gasteiger charge is -2.07. The molecule has 4 heteroatoms. The van der Waals surface area contributed by atoms with Gasteiger partial charge in [-0.25, -0.2) is 9.07 Å². The van der Waals surface area contributed by atoms with E-state index in [2.05, 4.69) is 5.10 Å². The molecule has 0 amide bonds. The number of aromatic nitrogens is 2. The predicted octanol–water partition coefficient (Wildman–Crippen LogP) is 1.96. The van der Waals surface area contributed by atoms with E-state index in [-0.39, 0.29) is 5.82 Å². The van der Waals surface area contributed by atoms with Gasteiger partial charge in [0.05, 0.1) is 17.1 Å². The molecule has 0 saturated heterocycles. The Bertz CT molecular complexity index is 543. The van der Waals surface area contributed by atoms with Gasteiger partial charge < -0.3 is 5.73 Å². The van der Waals surface area contributed by atoms with Crippen LogP contribution in [-0.2, 0) is 19.4 Å². The molecule has 1 aliphatic rings. The fourth-order valence-electron chi connectivity index (χ4n) is 2.46. The van der Waals surface area contributed by atoms with E-state index in [9.17, 15) is 4.39 Å². The second kappa shape index (κ2) is 3.96. The molecule has 0 saturated carbocycles. The largest absolute Gasteiger partial charge is 0.325 e. The zero-order chi connectivity index (χ0) is 11.8. The third kappa shape index (κ3) is 1.65. The Kier molecular flexibility index (Phi) is 2.44. The maximum Gasteiger partial charge on any atom is 0.123 e. The van der Waals surface area contributed by atoms with Gasteiger partial charge in [0.2, 0.25) is 0 Å². The molecule has 3 nitrogen and oxygen atoms in total. The minimum Gasteiger partial charge on any atom is -0.325 e. The molecule has 0 unspecified atom stereocenters. The molecule has 0 bridgehead atoms. The van der Waals surface area contributed by atoms with Gasteiger partial charge >= 0.3 is 0 Å². The molecule has 17 heavy (non-hydrogen) atoms. The molecule has 0 radical (unpaired) electrons. The van der Waals surface area contributed by atoms with Gasteiger partial charge in [0.1, 0.15) is 5.82 Å². The van der Waals surface area contributed by atoms with Gasteiger partial charge in [-0.3, -0.25) is 0 Å². The second-order valence-corrected chi connectivity index (χ2v) is 4.32. The Balaban J connectivity index is 2.11. The molecular weight excluding hydrogens is 217 g/mol. The molecule has 0 aliphatic heterocycles. The molecule has 2 N–H and O–H groups in total. The van der Waals surface area contributed by atoms with Crippen LogP contribution in [0.3, 0.4) is 0 Å².